The Hall–Kier alpha value is -3.64. The van der Waals surface area contributed by atoms with Crippen LogP contribution < -0.4 is 16.6 Å². The lowest BCUT2D eigenvalue weighted by molar-refractivity contribution is -0.126. The number of piperidine rings is 1. The standard InChI is InChI=1S/C21H24N6O5S/c1-26-12-14(10-18(26)19(22)28)33(31,32)27-8-6-13(7-9-27)20(29)24-25-21(30)16-11-23-17-5-3-2-4-15(16)17/h2-5,10-13,23H,6-9H2,1H3,(H2,22,28)(H,24,29)(H,25,30). The van der Waals surface area contributed by atoms with E-state index in [1.165, 1.54) is 21.1 Å². The molecule has 0 unspecified atom stereocenters. The Kier molecular flexibility index (Phi) is 5.95. The molecular formula is C21H24N6O5S. The maximum atomic E-state index is 12.9. The van der Waals surface area contributed by atoms with E-state index in [4.69, 9.17) is 5.73 Å². The molecule has 4 rings (SSSR count). The molecule has 0 aliphatic carbocycles. The summed E-state index contributed by atoms with van der Waals surface area (Å²) >= 11 is 0. The Bertz CT molecular complexity index is 1330. The molecule has 1 fully saturated rings. The number of primary amides is 1. The van der Waals surface area contributed by atoms with Crippen LogP contribution in [0.5, 0.6) is 0 Å². The van der Waals surface area contributed by atoms with Gasteiger partial charge in [0.05, 0.1) is 5.56 Å². The quantitative estimate of drug-likeness (QED) is 0.397. The molecule has 1 saturated heterocycles. The van der Waals surface area contributed by atoms with Gasteiger partial charge in [0, 0.05) is 49.4 Å². The second-order valence-electron chi connectivity index (χ2n) is 7.91. The maximum absolute atomic E-state index is 12.9. The summed E-state index contributed by atoms with van der Waals surface area (Å²) in [5, 5.41) is 0.739. The largest absolute Gasteiger partial charge is 0.364 e. The molecule has 5 N–H and O–H groups in total. The van der Waals surface area contributed by atoms with Gasteiger partial charge < -0.3 is 15.3 Å². The number of nitrogens with zero attached hydrogens (tertiary/aromatic N) is 2. The van der Waals surface area contributed by atoms with Gasteiger partial charge in [0.1, 0.15) is 10.6 Å². The van der Waals surface area contributed by atoms with Crippen LogP contribution in [-0.4, -0.2) is 53.1 Å². The predicted molar refractivity (Wildman–Crippen MR) is 119 cm³/mol. The Labute approximate surface area is 189 Å². The van der Waals surface area contributed by atoms with Gasteiger partial charge in [-0.15, -0.1) is 0 Å². The Morgan fingerprint density at radius 2 is 1.82 bits per heavy atom. The third-order valence-electron chi connectivity index (χ3n) is 5.83. The average Bonchev–Trinajstić information content (AvgIpc) is 3.41. The number of H-pyrrole nitrogens is 1. The molecule has 12 heteroatoms. The van der Waals surface area contributed by atoms with Gasteiger partial charge in [-0.05, 0) is 25.0 Å². The molecule has 1 aliphatic rings. The fourth-order valence-corrected chi connectivity index (χ4v) is 5.52. The number of rotatable bonds is 5. The summed E-state index contributed by atoms with van der Waals surface area (Å²) < 4.78 is 28.5. The number of amides is 3. The van der Waals surface area contributed by atoms with Crippen LogP contribution in [0.3, 0.4) is 0 Å². The lowest BCUT2D eigenvalue weighted by Gasteiger charge is -2.30. The van der Waals surface area contributed by atoms with E-state index in [1.807, 2.05) is 18.2 Å². The molecule has 174 valence electrons. The zero-order valence-corrected chi connectivity index (χ0v) is 18.7. The second kappa shape index (κ2) is 8.71. The molecule has 33 heavy (non-hydrogen) atoms. The number of nitrogens with one attached hydrogen (secondary N) is 3. The number of carbonyl (C=O) groups is 3. The van der Waals surface area contributed by atoms with E-state index in [2.05, 4.69) is 15.8 Å². The summed E-state index contributed by atoms with van der Waals surface area (Å²) in [5.41, 5.74) is 11.4. The van der Waals surface area contributed by atoms with E-state index in [0.29, 0.717) is 18.4 Å². The molecule has 1 aromatic carbocycles. The fraction of sp³-hybridized carbons (Fsp3) is 0.286. The van der Waals surface area contributed by atoms with Crippen LogP contribution in [-0.2, 0) is 21.9 Å². The normalized spacial score (nSPS) is 15.4. The highest BCUT2D eigenvalue weighted by Crippen LogP contribution is 2.25. The molecule has 3 heterocycles. The van der Waals surface area contributed by atoms with Crippen molar-refractivity contribution in [2.75, 3.05) is 13.1 Å². The summed E-state index contributed by atoms with van der Waals surface area (Å²) in [6.07, 6.45) is 3.50. The molecule has 11 nitrogen and oxygen atoms in total. The van der Waals surface area contributed by atoms with Gasteiger partial charge in [0.15, 0.2) is 0 Å². The first-order valence-electron chi connectivity index (χ1n) is 10.3. The summed E-state index contributed by atoms with van der Waals surface area (Å²) in [6.45, 7) is 0.273. The zero-order valence-electron chi connectivity index (χ0n) is 17.9. The van der Waals surface area contributed by atoms with Crippen LogP contribution in [0.25, 0.3) is 10.9 Å². The van der Waals surface area contributed by atoms with Crippen LogP contribution in [0.2, 0.25) is 0 Å². The van der Waals surface area contributed by atoms with Crippen molar-refractivity contribution in [2.45, 2.75) is 17.7 Å². The van der Waals surface area contributed by atoms with Crippen molar-refractivity contribution in [3.05, 3.63) is 54.0 Å². The van der Waals surface area contributed by atoms with Crippen LogP contribution >= 0.6 is 0 Å². The molecule has 0 spiro atoms. The van der Waals surface area contributed by atoms with Gasteiger partial charge in [-0.2, -0.15) is 4.31 Å². The number of aromatic nitrogens is 2. The number of para-hydroxylation sites is 1. The lowest BCUT2D eigenvalue weighted by atomic mass is 9.98. The number of aromatic amines is 1. The molecule has 0 bridgehead atoms. The number of nitrogens with two attached hydrogens (primary N) is 1. The average molecular weight is 473 g/mol. The molecule has 3 amide bonds. The van der Waals surface area contributed by atoms with Gasteiger partial charge in [-0.3, -0.25) is 25.2 Å². The number of benzene rings is 1. The van der Waals surface area contributed by atoms with Crippen molar-refractivity contribution < 1.29 is 22.8 Å². The van der Waals surface area contributed by atoms with E-state index in [1.54, 1.807) is 19.3 Å². The number of carbonyl (C=O) groups excluding carboxylic acids is 3. The second-order valence-corrected chi connectivity index (χ2v) is 9.84. The van der Waals surface area contributed by atoms with Gasteiger partial charge >= 0.3 is 0 Å². The molecule has 2 aromatic heterocycles. The first-order valence-corrected chi connectivity index (χ1v) is 11.7. The van der Waals surface area contributed by atoms with E-state index in [0.717, 1.165) is 10.9 Å². The molecular weight excluding hydrogens is 448 g/mol. The van der Waals surface area contributed by atoms with Gasteiger partial charge in [0.25, 0.3) is 11.8 Å². The summed E-state index contributed by atoms with van der Waals surface area (Å²) in [6, 6.07) is 8.56. The minimum Gasteiger partial charge on any atom is -0.364 e. The highest BCUT2D eigenvalue weighted by atomic mass is 32.2. The van der Waals surface area contributed by atoms with Crippen LogP contribution in [0, 0.1) is 5.92 Å². The number of fused-ring (bicyclic) bond motifs is 1. The van der Waals surface area contributed by atoms with Crippen molar-refractivity contribution >= 4 is 38.6 Å². The Morgan fingerprint density at radius 3 is 2.48 bits per heavy atom. The van der Waals surface area contributed by atoms with Gasteiger partial charge in [-0.25, -0.2) is 8.42 Å². The molecule has 1 aliphatic heterocycles. The topological polar surface area (TPSA) is 159 Å². The summed E-state index contributed by atoms with van der Waals surface area (Å²) in [4.78, 5) is 39.4. The highest BCUT2D eigenvalue weighted by Gasteiger charge is 2.33. The molecule has 0 radical (unpaired) electrons. The number of aryl methyl sites for hydroxylation is 1. The van der Waals surface area contributed by atoms with Crippen molar-refractivity contribution in [3.8, 4) is 0 Å². The SMILES string of the molecule is Cn1cc(S(=O)(=O)N2CCC(C(=O)NNC(=O)c3c[nH]c4ccccc34)CC2)cc1C(N)=O. The smallest absolute Gasteiger partial charge is 0.271 e. The third kappa shape index (κ3) is 4.34. The first-order chi connectivity index (χ1) is 15.7. The summed E-state index contributed by atoms with van der Waals surface area (Å²) in [5.74, 6) is -1.99. The van der Waals surface area contributed by atoms with E-state index >= 15 is 0 Å². The molecule has 3 aromatic rings. The molecule has 0 saturated carbocycles. The Morgan fingerprint density at radius 1 is 1.12 bits per heavy atom. The highest BCUT2D eigenvalue weighted by molar-refractivity contribution is 7.89. The predicted octanol–water partition coefficient (Wildman–Crippen LogP) is 0.467. The van der Waals surface area contributed by atoms with Crippen LogP contribution in [0.1, 0.15) is 33.7 Å². The van der Waals surface area contributed by atoms with Gasteiger partial charge in [0.2, 0.25) is 15.9 Å². The summed E-state index contributed by atoms with van der Waals surface area (Å²) in [7, 11) is -2.28. The van der Waals surface area contributed by atoms with Crippen molar-refractivity contribution in [1.29, 1.82) is 0 Å². The Balaban J connectivity index is 1.34. The van der Waals surface area contributed by atoms with Gasteiger partial charge in [-0.1, -0.05) is 18.2 Å². The van der Waals surface area contributed by atoms with Crippen LogP contribution in [0.4, 0.5) is 0 Å². The van der Waals surface area contributed by atoms with Crippen LogP contribution in [0.15, 0.2) is 47.6 Å². The zero-order chi connectivity index (χ0) is 23.8. The number of hydrogen-bond acceptors (Lipinski definition) is 5. The first kappa shape index (κ1) is 22.6. The third-order valence-corrected chi connectivity index (χ3v) is 7.69. The van der Waals surface area contributed by atoms with E-state index < -0.39 is 27.8 Å². The van der Waals surface area contributed by atoms with E-state index in [9.17, 15) is 22.8 Å². The minimum atomic E-state index is -3.82. The fourth-order valence-electron chi connectivity index (χ4n) is 3.97. The monoisotopic (exact) mass is 472 g/mol. The van der Waals surface area contributed by atoms with E-state index in [-0.39, 0.29) is 29.6 Å². The molecule has 0 atom stereocenters. The number of hydrogen-bond donors (Lipinski definition) is 4. The minimum absolute atomic E-state index is 0.0207. The maximum Gasteiger partial charge on any atom is 0.271 e. The van der Waals surface area contributed by atoms with Crippen molar-refractivity contribution in [1.82, 2.24) is 24.7 Å². The lowest BCUT2D eigenvalue weighted by Crippen LogP contribution is -2.48. The number of sulfonamides is 1. The van der Waals surface area contributed by atoms with Crippen molar-refractivity contribution in [2.24, 2.45) is 18.7 Å². The van der Waals surface area contributed by atoms with Crippen molar-refractivity contribution in [3.63, 3.8) is 0 Å². The number of hydrazine groups is 1.